The van der Waals surface area contributed by atoms with Crippen molar-refractivity contribution < 1.29 is 18.3 Å². The van der Waals surface area contributed by atoms with Crippen molar-refractivity contribution in [1.82, 2.24) is 0 Å². The van der Waals surface area contributed by atoms with Crippen LogP contribution in [0.4, 0.5) is 10.5 Å². The van der Waals surface area contributed by atoms with E-state index >= 15 is 0 Å². The standard InChI is InChI=1S/C15H13BrClNO4S/c1-23(21,22)11-4-5-12-10(9-11)3-6-13(14(12)16)18(15(19)20)8-2-7-17/h2-7,9H,8H2,1H3,(H,19,20). The number of anilines is 1. The van der Waals surface area contributed by atoms with Crippen LogP contribution in [0.2, 0.25) is 0 Å². The predicted molar refractivity (Wildman–Crippen MR) is 95.1 cm³/mol. The molecule has 5 nitrogen and oxygen atoms in total. The second-order valence-electron chi connectivity index (χ2n) is 4.81. The SMILES string of the molecule is CS(=O)(=O)c1ccc2c(Br)c(N(CC=CCl)C(=O)O)ccc2c1. The highest BCUT2D eigenvalue weighted by Crippen LogP contribution is 2.35. The van der Waals surface area contributed by atoms with Gasteiger partial charge in [-0.25, -0.2) is 13.2 Å². The summed E-state index contributed by atoms with van der Waals surface area (Å²) in [5.74, 6) is 0. The number of hydrogen-bond donors (Lipinski definition) is 1. The van der Waals surface area contributed by atoms with Crippen molar-refractivity contribution in [2.24, 2.45) is 0 Å². The zero-order valence-electron chi connectivity index (χ0n) is 12.0. The summed E-state index contributed by atoms with van der Waals surface area (Å²) in [4.78, 5) is 12.8. The molecule has 0 fully saturated rings. The van der Waals surface area contributed by atoms with Crippen LogP contribution in [0.1, 0.15) is 0 Å². The Kier molecular flexibility index (Phi) is 5.33. The van der Waals surface area contributed by atoms with Crippen molar-refractivity contribution in [2.45, 2.75) is 4.90 Å². The molecule has 2 aromatic rings. The van der Waals surface area contributed by atoms with Crippen LogP contribution in [0, 0.1) is 0 Å². The third kappa shape index (κ3) is 3.85. The van der Waals surface area contributed by atoms with Crippen molar-refractivity contribution in [2.75, 3.05) is 17.7 Å². The summed E-state index contributed by atoms with van der Waals surface area (Å²) in [5.41, 5.74) is 1.70. The third-order valence-electron chi connectivity index (χ3n) is 3.23. The molecule has 2 aromatic carbocycles. The number of benzene rings is 2. The molecule has 0 saturated heterocycles. The fourth-order valence-corrected chi connectivity index (χ4v) is 3.57. The maximum atomic E-state index is 11.6. The quantitative estimate of drug-likeness (QED) is 0.806. The molecule has 0 atom stereocenters. The topological polar surface area (TPSA) is 74.7 Å². The van der Waals surface area contributed by atoms with Crippen LogP contribution in [0.15, 0.2) is 51.3 Å². The number of sulfone groups is 1. The predicted octanol–water partition coefficient (Wildman–Crippen LogP) is 4.24. The Morgan fingerprint density at radius 3 is 2.61 bits per heavy atom. The minimum absolute atomic E-state index is 0.102. The first kappa shape index (κ1) is 17.8. The lowest BCUT2D eigenvalue weighted by atomic mass is 10.1. The van der Waals surface area contributed by atoms with Gasteiger partial charge in [0.2, 0.25) is 0 Å². The Bertz CT molecular complexity index is 896. The molecule has 8 heteroatoms. The molecule has 0 bridgehead atoms. The molecule has 1 amide bonds. The molecular formula is C15H13BrClNO4S. The van der Waals surface area contributed by atoms with Crippen molar-refractivity contribution in [3.8, 4) is 0 Å². The number of fused-ring (bicyclic) bond motifs is 1. The van der Waals surface area contributed by atoms with E-state index in [0.717, 1.165) is 16.5 Å². The highest BCUT2D eigenvalue weighted by molar-refractivity contribution is 9.10. The van der Waals surface area contributed by atoms with Gasteiger partial charge in [-0.05, 0) is 44.9 Å². The molecule has 23 heavy (non-hydrogen) atoms. The summed E-state index contributed by atoms with van der Waals surface area (Å²) in [5, 5.41) is 10.8. The third-order valence-corrected chi connectivity index (χ3v) is 5.35. The second kappa shape index (κ2) is 6.90. The van der Waals surface area contributed by atoms with Crippen LogP contribution < -0.4 is 4.90 Å². The number of halogens is 2. The fraction of sp³-hybridized carbons (Fsp3) is 0.133. The van der Waals surface area contributed by atoms with E-state index in [1.807, 2.05) is 0 Å². The summed E-state index contributed by atoms with van der Waals surface area (Å²) < 4.78 is 23.8. The van der Waals surface area contributed by atoms with Gasteiger partial charge < -0.3 is 5.11 Å². The summed E-state index contributed by atoms with van der Waals surface area (Å²) in [6.07, 6.45) is 1.54. The molecule has 0 aliphatic rings. The van der Waals surface area contributed by atoms with Crippen LogP contribution in [0.5, 0.6) is 0 Å². The number of amides is 1. The first-order valence-electron chi connectivity index (χ1n) is 6.43. The van der Waals surface area contributed by atoms with E-state index < -0.39 is 15.9 Å². The Hall–Kier alpha value is -1.57. The molecule has 0 aliphatic heterocycles. The molecule has 0 spiro atoms. The molecule has 122 valence electrons. The van der Waals surface area contributed by atoms with Crippen LogP contribution >= 0.6 is 27.5 Å². The van der Waals surface area contributed by atoms with Crippen molar-refractivity contribution >= 4 is 59.9 Å². The number of hydrogen-bond acceptors (Lipinski definition) is 3. The maximum Gasteiger partial charge on any atom is 0.412 e. The van der Waals surface area contributed by atoms with Gasteiger partial charge in [-0.3, -0.25) is 4.90 Å². The van der Waals surface area contributed by atoms with Crippen molar-refractivity contribution in [1.29, 1.82) is 0 Å². The molecule has 1 N–H and O–H groups in total. The van der Waals surface area contributed by atoms with E-state index in [1.165, 1.54) is 17.7 Å². The second-order valence-corrected chi connectivity index (χ2v) is 7.87. The van der Waals surface area contributed by atoms with E-state index in [1.54, 1.807) is 24.3 Å². The summed E-state index contributed by atoms with van der Waals surface area (Å²) in [7, 11) is -3.30. The van der Waals surface area contributed by atoms with Crippen LogP contribution in [-0.2, 0) is 9.84 Å². The minimum atomic E-state index is -3.30. The normalized spacial score (nSPS) is 12.0. The van der Waals surface area contributed by atoms with E-state index in [-0.39, 0.29) is 11.4 Å². The average Bonchev–Trinajstić information content (AvgIpc) is 2.48. The number of carbonyl (C=O) groups is 1. The molecule has 0 saturated carbocycles. The zero-order valence-corrected chi connectivity index (χ0v) is 15.2. The van der Waals surface area contributed by atoms with E-state index in [9.17, 15) is 18.3 Å². The Morgan fingerprint density at radius 2 is 2.04 bits per heavy atom. The van der Waals surface area contributed by atoms with Crippen LogP contribution in [-0.4, -0.2) is 32.4 Å². The Labute approximate surface area is 147 Å². The van der Waals surface area contributed by atoms with Gasteiger partial charge in [0.1, 0.15) is 0 Å². The fourth-order valence-electron chi connectivity index (χ4n) is 2.12. The number of carboxylic acid groups (broad SMARTS) is 1. The van der Waals surface area contributed by atoms with Crippen LogP contribution in [0.25, 0.3) is 10.8 Å². The Morgan fingerprint density at radius 1 is 1.35 bits per heavy atom. The monoisotopic (exact) mass is 417 g/mol. The van der Waals surface area contributed by atoms with Crippen molar-refractivity contribution in [3.05, 3.63) is 46.4 Å². The molecular weight excluding hydrogens is 406 g/mol. The van der Waals surface area contributed by atoms with Gasteiger partial charge in [-0.15, -0.1) is 0 Å². The first-order chi connectivity index (χ1) is 10.8. The lowest BCUT2D eigenvalue weighted by molar-refractivity contribution is 0.202. The van der Waals surface area contributed by atoms with Crippen molar-refractivity contribution in [3.63, 3.8) is 0 Å². The van der Waals surface area contributed by atoms with E-state index in [4.69, 9.17) is 11.6 Å². The highest BCUT2D eigenvalue weighted by atomic mass is 79.9. The summed E-state index contributed by atoms with van der Waals surface area (Å²) in [6, 6.07) is 8.01. The summed E-state index contributed by atoms with van der Waals surface area (Å²) >= 11 is 8.87. The molecule has 0 heterocycles. The van der Waals surface area contributed by atoms with E-state index in [0.29, 0.717) is 15.5 Å². The van der Waals surface area contributed by atoms with E-state index in [2.05, 4.69) is 15.9 Å². The largest absolute Gasteiger partial charge is 0.465 e. The molecule has 0 aromatic heterocycles. The Balaban J connectivity index is 2.60. The number of nitrogens with zero attached hydrogens (tertiary/aromatic N) is 1. The summed E-state index contributed by atoms with van der Waals surface area (Å²) in [6.45, 7) is 0.102. The smallest absolute Gasteiger partial charge is 0.412 e. The highest BCUT2D eigenvalue weighted by Gasteiger charge is 2.18. The van der Waals surface area contributed by atoms with Gasteiger partial charge in [0.05, 0.1) is 10.6 Å². The van der Waals surface area contributed by atoms with Crippen LogP contribution in [0.3, 0.4) is 0 Å². The molecule has 0 unspecified atom stereocenters. The number of rotatable bonds is 4. The maximum absolute atomic E-state index is 11.6. The van der Waals surface area contributed by atoms with Gasteiger partial charge in [0, 0.05) is 22.8 Å². The van der Waals surface area contributed by atoms with Gasteiger partial charge in [-0.2, -0.15) is 0 Å². The zero-order chi connectivity index (χ0) is 17.2. The average molecular weight is 419 g/mol. The lowest BCUT2D eigenvalue weighted by Gasteiger charge is -2.20. The van der Waals surface area contributed by atoms with Gasteiger partial charge >= 0.3 is 6.09 Å². The molecule has 0 aliphatic carbocycles. The molecule has 2 rings (SSSR count). The minimum Gasteiger partial charge on any atom is -0.465 e. The lowest BCUT2D eigenvalue weighted by Crippen LogP contribution is -2.29. The molecule has 0 radical (unpaired) electrons. The first-order valence-corrected chi connectivity index (χ1v) is 9.56. The van der Waals surface area contributed by atoms with Gasteiger partial charge in [0.25, 0.3) is 0 Å². The van der Waals surface area contributed by atoms with Gasteiger partial charge in [-0.1, -0.05) is 29.8 Å². The van der Waals surface area contributed by atoms with Gasteiger partial charge in [0.15, 0.2) is 9.84 Å².